The van der Waals surface area contributed by atoms with E-state index in [0.29, 0.717) is 16.8 Å². The summed E-state index contributed by atoms with van der Waals surface area (Å²) in [6.07, 6.45) is 3.18. The highest BCUT2D eigenvalue weighted by molar-refractivity contribution is 6.31. The van der Waals surface area contributed by atoms with Crippen molar-refractivity contribution in [1.82, 2.24) is 10.2 Å². The molecule has 0 aliphatic rings. The summed E-state index contributed by atoms with van der Waals surface area (Å²) in [5.41, 5.74) is 2.88. The van der Waals surface area contributed by atoms with Crippen LogP contribution in [0.4, 0.5) is 5.82 Å². The summed E-state index contributed by atoms with van der Waals surface area (Å²) in [6.45, 7) is 6.05. The van der Waals surface area contributed by atoms with Gasteiger partial charge in [-0.15, -0.1) is 0 Å². The summed E-state index contributed by atoms with van der Waals surface area (Å²) in [5, 5.41) is 10.3. The lowest BCUT2D eigenvalue weighted by atomic mass is 10.1. The fraction of sp³-hybridized carbons (Fsp3) is 0.250. The van der Waals surface area contributed by atoms with Crippen molar-refractivity contribution in [3.05, 3.63) is 52.2 Å². The first-order valence-electron chi connectivity index (χ1n) is 6.76. The molecule has 1 amide bonds. The number of aromatic nitrogens is 2. The molecular formula is C16H18ClN3O. The third kappa shape index (κ3) is 4.20. The molecule has 0 spiro atoms. The first-order valence-corrected chi connectivity index (χ1v) is 7.14. The summed E-state index contributed by atoms with van der Waals surface area (Å²) in [7, 11) is 0. The van der Waals surface area contributed by atoms with E-state index < -0.39 is 0 Å². The number of rotatable bonds is 4. The van der Waals surface area contributed by atoms with E-state index in [9.17, 15) is 4.79 Å². The first-order chi connectivity index (χ1) is 9.95. The number of carbonyl (C=O) groups excluding carboxylic acids is 1. The Bertz CT molecular complexity index is 674. The van der Waals surface area contributed by atoms with Crippen LogP contribution in [0.15, 0.2) is 30.3 Å². The van der Waals surface area contributed by atoms with Gasteiger partial charge < -0.3 is 5.32 Å². The van der Waals surface area contributed by atoms with E-state index in [1.165, 1.54) is 6.08 Å². The molecule has 0 saturated carbocycles. The fourth-order valence-corrected chi connectivity index (χ4v) is 1.94. The van der Waals surface area contributed by atoms with Crippen LogP contribution in [0.25, 0.3) is 6.08 Å². The maximum absolute atomic E-state index is 11.8. The lowest BCUT2D eigenvalue weighted by Crippen LogP contribution is -2.07. The Morgan fingerprint density at radius 2 is 2.14 bits per heavy atom. The number of carbonyl (C=O) groups is 1. The maximum Gasteiger partial charge on any atom is 0.249 e. The van der Waals surface area contributed by atoms with E-state index in [2.05, 4.69) is 29.4 Å². The molecular weight excluding hydrogens is 286 g/mol. The molecule has 0 bridgehead atoms. The number of halogens is 1. The summed E-state index contributed by atoms with van der Waals surface area (Å²) in [4.78, 5) is 11.8. The van der Waals surface area contributed by atoms with Crippen LogP contribution >= 0.6 is 11.6 Å². The third-order valence-corrected chi connectivity index (χ3v) is 3.50. The minimum Gasteiger partial charge on any atom is -0.306 e. The van der Waals surface area contributed by atoms with Crippen LogP contribution in [0, 0.1) is 6.92 Å². The minimum atomic E-state index is -0.228. The van der Waals surface area contributed by atoms with Crippen LogP contribution in [-0.2, 0) is 4.79 Å². The second kappa shape index (κ2) is 6.59. The lowest BCUT2D eigenvalue weighted by molar-refractivity contribution is -0.111. The van der Waals surface area contributed by atoms with Crippen molar-refractivity contribution < 1.29 is 4.79 Å². The number of anilines is 1. The highest BCUT2D eigenvalue weighted by Gasteiger charge is 2.06. The SMILES string of the molecule is Cc1ccc(/C=C/C(=O)Nc2cc(C(C)C)[nH]n2)cc1Cl. The number of hydrogen-bond acceptors (Lipinski definition) is 2. The van der Waals surface area contributed by atoms with Gasteiger partial charge in [-0.2, -0.15) is 5.10 Å². The first kappa shape index (κ1) is 15.3. The Morgan fingerprint density at radius 3 is 2.76 bits per heavy atom. The van der Waals surface area contributed by atoms with Crippen molar-refractivity contribution in [2.45, 2.75) is 26.7 Å². The molecule has 1 heterocycles. The summed E-state index contributed by atoms with van der Waals surface area (Å²) in [6, 6.07) is 7.49. The Labute approximate surface area is 129 Å². The minimum absolute atomic E-state index is 0.228. The molecule has 0 saturated heterocycles. The molecule has 21 heavy (non-hydrogen) atoms. The zero-order chi connectivity index (χ0) is 15.4. The van der Waals surface area contributed by atoms with Crippen molar-refractivity contribution in [2.75, 3.05) is 5.32 Å². The number of nitrogens with zero attached hydrogens (tertiary/aromatic N) is 1. The highest BCUT2D eigenvalue weighted by Crippen LogP contribution is 2.18. The Kier molecular flexibility index (Phi) is 4.81. The molecule has 1 aromatic heterocycles. The summed E-state index contributed by atoms with van der Waals surface area (Å²) >= 11 is 6.04. The molecule has 2 aromatic rings. The van der Waals surface area contributed by atoms with E-state index in [1.807, 2.05) is 31.2 Å². The summed E-state index contributed by atoms with van der Waals surface area (Å²) in [5.74, 6) is 0.636. The quantitative estimate of drug-likeness (QED) is 0.834. The highest BCUT2D eigenvalue weighted by atomic mass is 35.5. The predicted octanol–water partition coefficient (Wildman–Crippen LogP) is 4.15. The summed E-state index contributed by atoms with van der Waals surface area (Å²) < 4.78 is 0. The van der Waals surface area contributed by atoms with Crippen LogP contribution in [-0.4, -0.2) is 16.1 Å². The molecule has 5 heteroatoms. The average molecular weight is 304 g/mol. The molecule has 1 aromatic carbocycles. The zero-order valence-corrected chi connectivity index (χ0v) is 13.0. The van der Waals surface area contributed by atoms with Gasteiger partial charge in [0.15, 0.2) is 5.82 Å². The molecule has 2 N–H and O–H groups in total. The van der Waals surface area contributed by atoms with Gasteiger partial charge >= 0.3 is 0 Å². The average Bonchev–Trinajstić information content (AvgIpc) is 2.89. The monoisotopic (exact) mass is 303 g/mol. The van der Waals surface area contributed by atoms with Gasteiger partial charge in [0.1, 0.15) is 0 Å². The van der Waals surface area contributed by atoms with Crippen LogP contribution in [0.5, 0.6) is 0 Å². The van der Waals surface area contributed by atoms with E-state index in [0.717, 1.165) is 16.8 Å². The van der Waals surface area contributed by atoms with Crippen LogP contribution in [0.1, 0.15) is 36.6 Å². The van der Waals surface area contributed by atoms with Crippen molar-refractivity contribution in [3.63, 3.8) is 0 Å². The lowest BCUT2D eigenvalue weighted by Gasteiger charge is -1.99. The number of hydrogen-bond donors (Lipinski definition) is 2. The molecule has 0 fully saturated rings. The van der Waals surface area contributed by atoms with Gasteiger partial charge in [0, 0.05) is 22.9 Å². The molecule has 0 aliphatic carbocycles. The number of benzene rings is 1. The Morgan fingerprint density at radius 1 is 1.38 bits per heavy atom. The van der Waals surface area contributed by atoms with Crippen molar-refractivity contribution in [3.8, 4) is 0 Å². The van der Waals surface area contributed by atoms with Crippen LogP contribution < -0.4 is 5.32 Å². The van der Waals surface area contributed by atoms with E-state index in [1.54, 1.807) is 6.08 Å². The molecule has 110 valence electrons. The maximum atomic E-state index is 11.8. The molecule has 0 atom stereocenters. The van der Waals surface area contributed by atoms with Crippen molar-refractivity contribution in [2.24, 2.45) is 0 Å². The Hall–Kier alpha value is -2.07. The second-order valence-corrected chi connectivity index (χ2v) is 5.60. The van der Waals surface area contributed by atoms with E-state index in [-0.39, 0.29) is 5.91 Å². The van der Waals surface area contributed by atoms with E-state index >= 15 is 0 Å². The molecule has 4 nitrogen and oxygen atoms in total. The van der Waals surface area contributed by atoms with Gasteiger partial charge in [-0.05, 0) is 36.1 Å². The molecule has 0 unspecified atom stereocenters. The van der Waals surface area contributed by atoms with Gasteiger partial charge in [0.2, 0.25) is 5.91 Å². The number of aryl methyl sites for hydroxylation is 1. The third-order valence-electron chi connectivity index (χ3n) is 3.09. The molecule has 0 radical (unpaired) electrons. The zero-order valence-electron chi connectivity index (χ0n) is 12.3. The Balaban J connectivity index is 2.00. The fourth-order valence-electron chi connectivity index (χ4n) is 1.75. The number of H-pyrrole nitrogens is 1. The van der Waals surface area contributed by atoms with Crippen molar-refractivity contribution in [1.29, 1.82) is 0 Å². The van der Waals surface area contributed by atoms with Gasteiger partial charge in [-0.1, -0.05) is 37.6 Å². The second-order valence-electron chi connectivity index (χ2n) is 5.19. The standard InChI is InChI=1S/C16H18ClN3O/c1-10(2)14-9-15(20-19-14)18-16(21)7-6-12-5-4-11(3)13(17)8-12/h4-10H,1-3H3,(H2,18,19,20,21)/b7-6+. The van der Waals surface area contributed by atoms with Crippen LogP contribution in [0.3, 0.4) is 0 Å². The molecule has 2 rings (SSSR count). The largest absolute Gasteiger partial charge is 0.306 e. The van der Waals surface area contributed by atoms with Crippen LogP contribution in [0.2, 0.25) is 5.02 Å². The molecule has 0 aliphatic heterocycles. The number of aromatic amines is 1. The normalized spacial score (nSPS) is 11.3. The van der Waals surface area contributed by atoms with Crippen molar-refractivity contribution >= 4 is 29.4 Å². The topological polar surface area (TPSA) is 57.8 Å². The van der Waals surface area contributed by atoms with Gasteiger partial charge in [-0.25, -0.2) is 0 Å². The smallest absolute Gasteiger partial charge is 0.249 e. The van der Waals surface area contributed by atoms with E-state index in [4.69, 9.17) is 11.6 Å². The van der Waals surface area contributed by atoms with Gasteiger partial charge in [-0.3, -0.25) is 9.89 Å². The number of amides is 1. The number of nitrogens with one attached hydrogen (secondary N) is 2. The van der Waals surface area contributed by atoms with Gasteiger partial charge in [0.25, 0.3) is 0 Å². The predicted molar refractivity (Wildman–Crippen MR) is 86.5 cm³/mol. The van der Waals surface area contributed by atoms with Gasteiger partial charge in [0.05, 0.1) is 0 Å².